The Morgan fingerprint density at radius 1 is 1.29 bits per heavy atom. The molecule has 1 saturated carbocycles. The van der Waals surface area contributed by atoms with Gasteiger partial charge in [-0.3, -0.25) is 4.90 Å². The van der Waals surface area contributed by atoms with Gasteiger partial charge in [0.2, 0.25) is 0 Å². The summed E-state index contributed by atoms with van der Waals surface area (Å²) in [4.78, 5) is 2.69. The van der Waals surface area contributed by atoms with E-state index in [0.29, 0.717) is 5.54 Å². The molecule has 0 bridgehead atoms. The Kier molecular flexibility index (Phi) is 3.42. The SMILES string of the molecule is CC1(CNC2CCN(C3CC3)C2)CCCCN1. The molecular formula is C14H27N3. The fraction of sp³-hybridized carbons (Fsp3) is 1.00. The molecular weight excluding hydrogens is 210 g/mol. The first-order valence-electron chi connectivity index (χ1n) is 7.48. The van der Waals surface area contributed by atoms with E-state index < -0.39 is 0 Å². The van der Waals surface area contributed by atoms with E-state index in [1.807, 2.05) is 0 Å². The normalized spacial score (nSPS) is 39.7. The topological polar surface area (TPSA) is 27.3 Å². The molecule has 3 aliphatic rings. The van der Waals surface area contributed by atoms with Crippen LogP contribution in [0.25, 0.3) is 0 Å². The van der Waals surface area contributed by atoms with Gasteiger partial charge in [-0.25, -0.2) is 0 Å². The van der Waals surface area contributed by atoms with Gasteiger partial charge in [-0.05, 0) is 45.6 Å². The molecule has 0 aromatic heterocycles. The lowest BCUT2D eigenvalue weighted by atomic mass is 9.90. The third-order valence-corrected chi connectivity index (χ3v) is 4.77. The first kappa shape index (κ1) is 11.9. The number of rotatable bonds is 4. The Morgan fingerprint density at radius 3 is 2.88 bits per heavy atom. The van der Waals surface area contributed by atoms with Crippen LogP contribution in [-0.2, 0) is 0 Å². The molecule has 3 fully saturated rings. The number of likely N-dealkylation sites (tertiary alicyclic amines) is 1. The highest BCUT2D eigenvalue weighted by atomic mass is 15.2. The van der Waals surface area contributed by atoms with Crippen LogP contribution in [0.3, 0.4) is 0 Å². The predicted molar refractivity (Wildman–Crippen MR) is 71.3 cm³/mol. The Bertz CT molecular complexity index is 256. The van der Waals surface area contributed by atoms with Crippen LogP contribution in [0.5, 0.6) is 0 Å². The van der Waals surface area contributed by atoms with E-state index >= 15 is 0 Å². The summed E-state index contributed by atoms with van der Waals surface area (Å²) >= 11 is 0. The Labute approximate surface area is 105 Å². The van der Waals surface area contributed by atoms with Gasteiger partial charge in [0.1, 0.15) is 0 Å². The van der Waals surface area contributed by atoms with Gasteiger partial charge in [-0.1, -0.05) is 6.42 Å². The maximum Gasteiger partial charge on any atom is 0.0278 e. The van der Waals surface area contributed by atoms with Crippen LogP contribution in [-0.4, -0.2) is 48.7 Å². The zero-order chi connectivity index (χ0) is 11.7. The molecule has 3 rings (SSSR count). The van der Waals surface area contributed by atoms with Crippen molar-refractivity contribution in [3.8, 4) is 0 Å². The van der Waals surface area contributed by atoms with E-state index in [2.05, 4.69) is 22.5 Å². The minimum absolute atomic E-state index is 0.352. The molecule has 0 amide bonds. The minimum atomic E-state index is 0.352. The molecule has 0 aromatic rings. The molecule has 0 spiro atoms. The van der Waals surface area contributed by atoms with Gasteiger partial charge in [0.05, 0.1) is 0 Å². The summed E-state index contributed by atoms with van der Waals surface area (Å²) in [7, 11) is 0. The van der Waals surface area contributed by atoms with Crippen LogP contribution in [0.4, 0.5) is 0 Å². The molecule has 3 nitrogen and oxygen atoms in total. The molecule has 17 heavy (non-hydrogen) atoms. The van der Waals surface area contributed by atoms with E-state index in [9.17, 15) is 0 Å². The molecule has 2 saturated heterocycles. The van der Waals surface area contributed by atoms with Crippen LogP contribution in [0.1, 0.15) is 45.4 Å². The average molecular weight is 237 g/mol. The zero-order valence-corrected chi connectivity index (χ0v) is 11.2. The summed E-state index contributed by atoms with van der Waals surface area (Å²) in [6.07, 6.45) is 8.34. The maximum absolute atomic E-state index is 3.80. The van der Waals surface area contributed by atoms with Gasteiger partial charge in [0.25, 0.3) is 0 Å². The number of piperidine rings is 1. The first-order chi connectivity index (χ1) is 8.25. The predicted octanol–water partition coefficient (Wildman–Crippen LogP) is 1.34. The molecule has 1 aliphatic carbocycles. The highest BCUT2D eigenvalue weighted by Crippen LogP contribution is 2.30. The van der Waals surface area contributed by atoms with Crippen LogP contribution in [0.15, 0.2) is 0 Å². The molecule has 2 heterocycles. The molecule has 3 heteroatoms. The van der Waals surface area contributed by atoms with Crippen molar-refractivity contribution in [1.29, 1.82) is 0 Å². The third-order valence-electron chi connectivity index (χ3n) is 4.77. The van der Waals surface area contributed by atoms with Crippen molar-refractivity contribution >= 4 is 0 Å². The van der Waals surface area contributed by atoms with Crippen LogP contribution >= 0.6 is 0 Å². The van der Waals surface area contributed by atoms with Gasteiger partial charge in [-0.15, -0.1) is 0 Å². The van der Waals surface area contributed by atoms with Gasteiger partial charge < -0.3 is 10.6 Å². The van der Waals surface area contributed by atoms with Crippen molar-refractivity contribution < 1.29 is 0 Å². The summed E-state index contributed by atoms with van der Waals surface area (Å²) in [5, 5.41) is 7.49. The summed E-state index contributed by atoms with van der Waals surface area (Å²) in [6.45, 7) is 7.35. The Hall–Kier alpha value is -0.120. The van der Waals surface area contributed by atoms with E-state index in [1.54, 1.807) is 0 Å². The first-order valence-corrected chi connectivity index (χ1v) is 7.48. The fourth-order valence-corrected chi connectivity index (χ4v) is 3.36. The van der Waals surface area contributed by atoms with Crippen molar-refractivity contribution in [3.05, 3.63) is 0 Å². The van der Waals surface area contributed by atoms with Gasteiger partial charge >= 0.3 is 0 Å². The van der Waals surface area contributed by atoms with Crippen molar-refractivity contribution in [2.24, 2.45) is 0 Å². The van der Waals surface area contributed by atoms with Gasteiger partial charge in [-0.2, -0.15) is 0 Å². The van der Waals surface area contributed by atoms with E-state index in [-0.39, 0.29) is 0 Å². The lowest BCUT2D eigenvalue weighted by molar-refractivity contribution is 0.253. The number of nitrogens with one attached hydrogen (secondary N) is 2. The molecule has 2 atom stereocenters. The number of hydrogen-bond acceptors (Lipinski definition) is 3. The molecule has 2 N–H and O–H groups in total. The lowest BCUT2D eigenvalue weighted by Crippen LogP contribution is -2.54. The second-order valence-electron chi connectivity index (χ2n) is 6.54. The highest BCUT2D eigenvalue weighted by Gasteiger charge is 2.35. The standard InChI is InChI=1S/C14H27N3/c1-14(7-2-3-8-16-14)11-15-12-6-9-17(10-12)13-4-5-13/h12-13,15-16H,2-11H2,1H3. The second-order valence-corrected chi connectivity index (χ2v) is 6.54. The second kappa shape index (κ2) is 4.87. The number of nitrogens with zero attached hydrogens (tertiary/aromatic N) is 1. The van der Waals surface area contributed by atoms with E-state index in [4.69, 9.17) is 0 Å². The highest BCUT2D eigenvalue weighted by molar-refractivity contribution is 4.94. The van der Waals surface area contributed by atoms with Crippen LogP contribution in [0, 0.1) is 0 Å². The summed E-state index contributed by atoms with van der Waals surface area (Å²) in [5.41, 5.74) is 0.352. The maximum atomic E-state index is 3.80. The molecule has 0 radical (unpaired) electrons. The summed E-state index contributed by atoms with van der Waals surface area (Å²) in [6, 6.07) is 1.70. The quantitative estimate of drug-likeness (QED) is 0.773. The van der Waals surface area contributed by atoms with Crippen LogP contribution in [0.2, 0.25) is 0 Å². The van der Waals surface area contributed by atoms with Crippen molar-refractivity contribution in [2.75, 3.05) is 26.2 Å². The number of hydrogen-bond donors (Lipinski definition) is 2. The van der Waals surface area contributed by atoms with Crippen molar-refractivity contribution in [3.63, 3.8) is 0 Å². The zero-order valence-electron chi connectivity index (χ0n) is 11.2. The van der Waals surface area contributed by atoms with E-state index in [0.717, 1.165) is 18.6 Å². The molecule has 2 unspecified atom stereocenters. The van der Waals surface area contributed by atoms with Crippen molar-refractivity contribution in [1.82, 2.24) is 15.5 Å². The summed E-state index contributed by atoms with van der Waals surface area (Å²) in [5.74, 6) is 0. The molecule has 2 aliphatic heterocycles. The molecule has 0 aromatic carbocycles. The summed E-state index contributed by atoms with van der Waals surface area (Å²) < 4.78 is 0. The smallest absolute Gasteiger partial charge is 0.0278 e. The average Bonchev–Trinajstić information content (AvgIpc) is 3.07. The van der Waals surface area contributed by atoms with Crippen molar-refractivity contribution in [2.45, 2.75) is 63.1 Å². The Balaban J connectivity index is 1.41. The van der Waals surface area contributed by atoms with Gasteiger partial charge in [0, 0.05) is 37.3 Å². The fourth-order valence-electron chi connectivity index (χ4n) is 3.36. The Morgan fingerprint density at radius 2 is 2.18 bits per heavy atom. The lowest BCUT2D eigenvalue weighted by Gasteiger charge is -2.36. The van der Waals surface area contributed by atoms with E-state index in [1.165, 1.54) is 58.2 Å². The molecule has 98 valence electrons. The van der Waals surface area contributed by atoms with Gasteiger partial charge in [0.15, 0.2) is 0 Å². The third kappa shape index (κ3) is 3.01. The minimum Gasteiger partial charge on any atom is -0.311 e. The van der Waals surface area contributed by atoms with Crippen LogP contribution < -0.4 is 10.6 Å². The largest absolute Gasteiger partial charge is 0.311 e. The monoisotopic (exact) mass is 237 g/mol.